The lowest BCUT2D eigenvalue weighted by Crippen LogP contribution is -2.16. The van der Waals surface area contributed by atoms with Crippen molar-refractivity contribution in [2.75, 3.05) is 5.32 Å². The molecule has 21 heavy (non-hydrogen) atoms. The number of nitro groups is 1. The van der Waals surface area contributed by atoms with E-state index in [1.165, 1.54) is 12.3 Å². The lowest BCUT2D eigenvalue weighted by molar-refractivity contribution is -0.384. The Morgan fingerprint density at radius 3 is 2.71 bits per heavy atom. The van der Waals surface area contributed by atoms with Gasteiger partial charge in [0.15, 0.2) is 11.5 Å². The Kier molecular flexibility index (Phi) is 4.22. The minimum absolute atomic E-state index is 0.0875. The summed E-state index contributed by atoms with van der Waals surface area (Å²) in [6.07, 6.45) is 1.33. The van der Waals surface area contributed by atoms with Crippen molar-refractivity contribution >= 4 is 33.2 Å². The lowest BCUT2D eigenvalue weighted by Gasteiger charge is -2.07. The van der Waals surface area contributed by atoms with Gasteiger partial charge < -0.3 is 5.32 Å². The van der Waals surface area contributed by atoms with Crippen molar-refractivity contribution in [3.63, 3.8) is 0 Å². The molecule has 108 valence electrons. The second kappa shape index (κ2) is 5.92. The van der Waals surface area contributed by atoms with Gasteiger partial charge in [0.1, 0.15) is 11.5 Å². The van der Waals surface area contributed by atoms with Gasteiger partial charge in [-0.1, -0.05) is 0 Å². The summed E-state index contributed by atoms with van der Waals surface area (Å²) >= 11 is 3.08. The molecule has 0 bridgehead atoms. The van der Waals surface area contributed by atoms with Crippen molar-refractivity contribution in [2.24, 2.45) is 0 Å². The third kappa shape index (κ3) is 3.19. The summed E-state index contributed by atoms with van der Waals surface area (Å²) in [5.74, 6) is -3.23. The molecule has 1 N–H and O–H groups in total. The van der Waals surface area contributed by atoms with Crippen LogP contribution in [0.15, 0.2) is 34.9 Å². The molecule has 1 aromatic carbocycles. The molecule has 0 spiro atoms. The van der Waals surface area contributed by atoms with Gasteiger partial charge in [-0.05, 0) is 28.1 Å². The molecule has 1 heterocycles. The molecular weight excluding hydrogens is 352 g/mol. The molecule has 1 aromatic heterocycles. The predicted octanol–water partition coefficient (Wildman–Crippen LogP) is 3.28. The van der Waals surface area contributed by atoms with Crippen molar-refractivity contribution in [1.29, 1.82) is 0 Å². The highest BCUT2D eigenvalue weighted by molar-refractivity contribution is 9.10. The van der Waals surface area contributed by atoms with Crippen LogP contribution in [0.1, 0.15) is 10.5 Å². The second-order valence-electron chi connectivity index (χ2n) is 3.83. The average molecular weight is 358 g/mol. The zero-order chi connectivity index (χ0) is 15.6. The number of amides is 1. The summed E-state index contributed by atoms with van der Waals surface area (Å²) in [4.78, 5) is 25.5. The summed E-state index contributed by atoms with van der Waals surface area (Å²) in [5, 5.41) is 12.8. The molecule has 0 radical (unpaired) electrons. The van der Waals surface area contributed by atoms with E-state index in [1.54, 1.807) is 6.07 Å². The van der Waals surface area contributed by atoms with Gasteiger partial charge in [-0.25, -0.2) is 13.8 Å². The van der Waals surface area contributed by atoms with Crippen LogP contribution < -0.4 is 5.32 Å². The van der Waals surface area contributed by atoms with Crippen LogP contribution in [0.25, 0.3) is 0 Å². The number of hydrogen-bond acceptors (Lipinski definition) is 4. The van der Waals surface area contributed by atoms with Crippen LogP contribution in [-0.2, 0) is 0 Å². The first-order chi connectivity index (χ1) is 9.90. The Bertz CT molecular complexity index is 740. The number of carbonyl (C=O) groups excluding carboxylic acids is 1. The molecule has 0 saturated heterocycles. The number of nitrogens with zero attached hydrogens (tertiary/aromatic N) is 2. The topological polar surface area (TPSA) is 85.1 Å². The van der Waals surface area contributed by atoms with Crippen LogP contribution >= 0.6 is 15.9 Å². The molecule has 9 heteroatoms. The number of aromatic nitrogens is 1. The van der Waals surface area contributed by atoms with Crippen LogP contribution in [0.5, 0.6) is 0 Å². The molecular formula is C12H6BrF2N3O3. The summed E-state index contributed by atoms with van der Waals surface area (Å²) in [6, 6.07) is 4.04. The van der Waals surface area contributed by atoms with E-state index in [4.69, 9.17) is 0 Å². The van der Waals surface area contributed by atoms with Gasteiger partial charge in [-0.3, -0.25) is 14.9 Å². The summed E-state index contributed by atoms with van der Waals surface area (Å²) in [6.45, 7) is 0. The molecule has 1 amide bonds. The fourth-order valence-electron chi connectivity index (χ4n) is 1.55. The third-order valence-corrected chi connectivity index (χ3v) is 3.08. The van der Waals surface area contributed by atoms with Crippen LogP contribution in [0.4, 0.5) is 20.2 Å². The third-order valence-electron chi connectivity index (χ3n) is 2.44. The Morgan fingerprint density at radius 2 is 2.10 bits per heavy atom. The molecule has 0 aliphatic heterocycles. The number of hydrogen-bond donors (Lipinski definition) is 1. The van der Waals surface area contributed by atoms with Crippen molar-refractivity contribution in [1.82, 2.24) is 4.98 Å². The SMILES string of the molecule is O=C(Nc1c(F)cc(F)cc1[N+](=O)[O-])c1ncccc1Br. The molecule has 2 aromatic rings. The van der Waals surface area contributed by atoms with E-state index in [0.717, 1.165) is 0 Å². The highest BCUT2D eigenvalue weighted by Gasteiger charge is 2.23. The van der Waals surface area contributed by atoms with E-state index in [1.807, 2.05) is 5.32 Å². The summed E-state index contributed by atoms with van der Waals surface area (Å²) in [7, 11) is 0. The highest BCUT2D eigenvalue weighted by atomic mass is 79.9. The van der Waals surface area contributed by atoms with Crippen molar-refractivity contribution in [2.45, 2.75) is 0 Å². The van der Waals surface area contributed by atoms with Gasteiger partial charge in [0.05, 0.1) is 11.0 Å². The van der Waals surface area contributed by atoms with Crippen LogP contribution in [0, 0.1) is 21.7 Å². The van der Waals surface area contributed by atoms with Gasteiger partial charge in [-0.15, -0.1) is 0 Å². The molecule has 0 fully saturated rings. The van der Waals surface area contributed by atoms with Gasteiger partial charge >= 0.3 is 0 Å². The quantitative estimate of drug-likeness (QED) is 0.674. The fraction of sp³-hybridized carbons (Fsp3) is 0. The molecule has 0 saturated carbocycles. The first kappa shape index (κ1) is 15.0. The maximum Gasteiger partial charge on any atom is 0.298 e. The molecule has 0 atom stereocenters. The highest BCUT2D eigenvalue weighted by Crippen LogP contribution is 2.29. The Morgan fingerprint density at radius 1 is 1.38 bits per heavy atom. The van der Waals surface area contributed by atoms with Crippen molar-refractivity contribution in [3.8, 4) is 0 Å². The molecule has 0 aliphatic rings. The summed E-state index contributed by atoms with van der Waals surface area (Å²) < 4.78 is 27.0. The number of anilines is 1. The van der Waals surface area contributed by atoms with Crippen LogP contribution in [-0.4, -0.2) is 15.8 Å². The minimum Gasteiger partial charge on any atom is -0.312 e. The smallest absolute Gasteiger partial charge is 0.298 e. The minimum atomic E-state index is -1.25. The van der Waals surface area contributed by atoms with Gasteiger partial charge in [0, 0.05) is 16.7 Å². The number of nitrogens with one attached hydrogen (secondary N) is 1. The Hall–Kier alpha value is -2.42. The number of nitro benzene ring substituents is 1. The summed E-state index contributed by atoms with van der Waals surface area (Å²) in [5.41, 5.74) is -1.69. The van der Waals surface area contributed by atoms with Gasteiger partial charge in [-0.2, -0.15) is 0 Å². The van der Waals surface area contributed by atoms with E-state index >= 15 is 0 Å². The lowest BCUT2D eigenvalue weighted by atomic mass is 10.2. The number of halogens is 3. The first-order valence-electron chi connectivity index (χ1n) is 5.45. The average Bonchev–Trinajstić information content (AvgIpc) is 2.41. The van der Waals surface area contributed by atoms with E-state index in [0.29, 0.717) is 16.6 Å². The van der Waals surface area contributed by atoms with Crippen LogP contribution in [0.2, 0.25) is 0 Å². The van der Waals surface area contributed by atoms with E-state index in [9.17, 15) is 23.7 Å². The largest absolute Gasteiger partial charge is 0.312 e. The number of rotatable bonds is 3. The first-order valence-corrected chi connectivity index (χ1v) is 6.24. The molecule has 0 unspecified atom stereocenters. The van der Waals surface area contributed by atoms with Crippen LogP contribution in [0.3, 0.4) is 0 Å². The number of carbonyl (C=O) groups is 1. The molecule has 2 rings (SSSR count). The molecule has 6 nitrogen and oxygen atoms in total. The van der Waals surface area contributed by atoms with Crippen molar-refractivity contribution < 1.29 is 18.5 Å². The zero-order valence-corrected chi connectivity index (χ0v) is 11.7. The maximum absolute atomic E-state index is 13.7. The van der Waals surface area contributed by atoms with E-state index in [-0.39, 0.29) is 5.69 Å². The van der Waals surface area contributed by atoms with Gasteiger partial charge in [0.25, 0.3) is 11.6 Å². The molecule has 0 aliphatic carbocycles. The number of benzene rings is 1. The standard InChI is InChI=1S/C12H6BrF2N3O3/c13-7-2-1-3-16-10(7)12(19)17-11-8(15)4-6(14)5-9(11)18(20)21/h1-5H,(H,17,19). The fourth-order valence-corrected chi connectivity index (χ4v) is 1.99. The maximum atomic E-state index is 13.7. The normalized spacial score (nSPS) is 10.2. The van der Waals surface area contributed by atoms with E-state index in [2.05, 4.69) is 20.9 Å². The number of pyridine rings is 1. The van der Waals surface area contributed by atoms with Crippen molar-refractivity contribution in [3.05, 3.63) is 62.4 Å². The predicted molar refractivity (Wildman–Crippen MR) is 72.9 cm³/mol. The Labute approximate surface area is 125 Å². The monoisotopic (exact) mass is 357 g/mol. The zero-order valence-electron chi connectivity index (χ0n) is 10.1. The Balaban J connectivity index is 2.42. The van der Waals surface area contributed by atoms with E-state index < -0.39 is 33.8 Å². The van der Waals surface area contributed by atoms with Gasteiger partial charge in [0.2, 0.25) is 0 Å². The second-order valence-corrected chi connectivity index (χ2v) is 4.68.